The Balaban J connectivity index is 2.53. The second-order valence-electron chi connectivity index (χ2n) is 2.00. The third-order valence-corrected chi connectivity index (χ3v) is 1.95. The molecule has 6 heteroatoms. The van der Waals surface area contributed by atoms with Crippen LogP contribution in [0.15, 0.2) is 22.9 Å². The van der Waals surface area contributed by atoms with Gasteiger partial charge in [0.25, 0.3) is 0 Å². The van der Waals surface area contributed by atoms with E-state index in [-0.39, 0.29) is 6.61 Å². The Bertz CT molecular complexity index is 277. The molecule has 0 saturated carbocycles. The first-order chi connectivity index (χ1) is 5.68. The number of hydrogen-bond donors (Lipinski definition) is 1. The van der Waals surface area contributed by atoms with E-state index in [0.717, 1.165) is 10.2 Å². The Morgan fingerprint density at radius 3 is 2.92 bits per heavy atom. The third kappa shape index (κ3) is 3.36. The van der Waals surface area contributed by atoms with E-state index < -0.39 is 8.25 Å². The molecule has 1 atom stereocenters. The molecule has 0 aliphatic heterocycles. The summed E-state index contributed by atoms with van der Waals surface area (Å²) in [5.41, 5.74) is 0.760. The fourth-order valence-electron chi connectivity index (χ4n) is 0.622. The first kappa shape index (κ1) is 9.74. The van der Waals surface area contributed by atoms with Crippen LogP contribution in [0.25, 0.3) is 0 Å². The van der Waals surface area contributed by atoms with Crippen molar-refractivity contribution in [1.29, 1.82) is 0 Å². The maximum absolute atomic E-state index is 10.1. The van der Waals surface area contributed by atoms with Crippen molar-refractivity contribution in [2.24, 2.45) is 0 Å². The second-order valence-corrected chi connectivity index (χ2v) is 3.55. The minimum atomic E-state index is -2.52. The van der Waals surface area contributed by atoms with Gasteiger partial charge in [-0.25, -0.2) is 4.98 Å². The second kappa shape index (κ2) is 4.62. The van der Waals surface area contributed by atoms with Crippen LogP contribution >= 0.6 is 24.2 Å². The van der Waals surface area contributed by atoms with E-state index >= 15 is 0 Å². The Morgan fingerprint density at radius 1 is 1.67 bits per heavy atom. The fraction of sp³-hybridized carbons (Fsp3) is 0.167. The Morgan fingerprint density at radius 2 is 2.42 bits per heavy atom. The highest BCUT2D eigenvalue weighted by atomic mass is 79.9. The van der Waals surface area contributed by atoms with Crippen molar-refractivity contribution >= 4 is 24.2 Å². The molecule has 1 aromatic heterocycles. The number of rotatable bonds is 3. The molecule has 4 nitrogen and oxygen atoms in total. The van der Waals surface area contributed by atoms with Gasteiger partial charge in [-0.1, -0.05) is 6.07 Å². The molecule has 1 N–H and O–H groups in total. The monoisotopic (exact) mass is 250 g/mol. The zero-order chi connectivity index (χ0) is 8.97. The summed E-state index contributed by atoms with van der Waals surface area (Å²) in [6, 6.07) is 3.50. The smallest absolute Gasteiger partial charge is 0.249 e. The first-order valence-electron chi connectivity index (χ1n) is 3.08. The van der Waals surface area contributed by atoms with Gasteiger partial charge in [0.1, 0.15) is 11.2 Å². The first-order valence-corrected chi connectivity index (χ1v) is 5.00. The molecular weight excluding hydrogens is 245 g/mol. The lowest BCUT2D eigenvalue weighted by Crippen LogP contribution is -1.86. The van der Waals surface area contributed by atoms with Crippen LogP contribution in [-0.4, -0.2) is 9.88 Å². The summed E-state index contributed by atoms with van der Waals surface area (Å²) in [4.78, 5) is 12.2. The van der Waals surface area contributed by atoms with Crippen LogP contribution in [0, 0.1) is 0 Å². The van der Waals surface area contributed by atoms with Gasteiger partial charge in [-0.3, -0.25) is 0 Å². The number of aromatic nitrogens is 1. The largest absolute Gasteiger partial charge is 0.695 e. The fourth-order valence-corrected chi connectivity index (χ4v) is 1.12. The van der Waals surface area contributed by atoms with Gasteiger partial charge in [0, 0.05) is 16.3 Å². The van der Waals surface area contributed by atoms with Crippen LogP contribution in [0.4, 0.5) is 0 Å². The minimum absolute atomic E-state index is 0.103. The highest BCUT2D eigenvalue weighted by Gasteiger charge is 2.11. The topological polar surface area (TPSA) is 59.4 Å². The van der Waals surface area contributed by atoms with Crippen molar-refractivity contribution in [3.8, 4) is 0 Å². The van der Waals surface area contributed by atoms with Crippen LogP contribution in [0.3, 0.4) is 0 Å². The number of halogens is 1. The summed E-state index contributed by atoms with van der Waals surface area (Å²) in [5.74, 6) is 0. The van der Waals surface area contributed by atoms with Gasteiger partial charge in [-0.05, 0) is 22.0 Å². The normalized spacial score (nSPS) is 11.3. The van der Waals surface area contributed by atoms with Crippen LogP contribution < -0.4 is 0 Å². The van der Waals surface area contributed by atoms with Crippen molar-refractivity contribution in [1.82, 2.24) is 4.98 Å². The van der Waals surface area contributed by atoms with Crippen LogP contribution in [0.5, 0.6) is 0 Å². The molecule has 0 fully saturated rings. The quantitative estimate of drug-likeness (QED) is 0.659. The molecule has 1 rings (SSSR count). The molecule has 0 aliphatic rings. The molecule has 64 valence electrons. The van der Waals surface area contributed by atoms with Crippen molar-refractivity contribution in [2.75, 3.05) is 0 Å². The van der Waals surface area contributed by atoms with Crippen LogP contribution in [-0.2, 0) is 15.7 Å². The molecule has 0 saturated heterocycles. The van der Waals surface area contributed by atoms with Gasteiger partial charge in [0.05, 0.1) is 0 Å². The van der Waals surface area contributed by atoms with Crippen LogP contribution in [0.1, 0.15) is 5.56 Å². The average molecular weight is 251 g/mol. The van der Waals surface area contributed by atoms with E-state index in [1.54, 1.807) is 18.3 Å². The van der Waals surface area contributed by atoms with E-state index in [4.69, 9.17) is 4.89 Å². The number of nitrogens with zero attached hydrogens (tertiary/aromatic N) is 1. The van der Waals surface area contributed by atoms with E-state index in [1.807, 2.05) is 0 Å². The number of hydrogen-bond acceptors (Lipinski definition) is 3. The summed E-state index contributed by atoms with van der Waals surface area (Å²) in [5, 5.41) is 0. The molecule has 0 spiro atoms. The molecule has 1 aromatic rings. The lowest BCUT2D eigenvalue weighted by molar-refractivity contribution is 0.272. The molecule has 0 bridgehead atoms. The molecule has 0 radical (unpaired) electrons. The molecule has 12 heavy (non-hydrogen) atoms. The van der Waals surface area contributed by atoms with Gasteiger partial charge < -0.3 is 0 Å². The minimum Gasteiger partial charge on any atom is -0.249 e. The van der Waals surface area contributed by atoms with Crippen molar-refractivity contribution < 1.29 is 14.0 Å². The lowest BCUT2D eigenvalue weighted by Gasteiger charge is -1.93. The van der Waals surface area contributed by atoms with E-state index in [9.17, 15) is 4.57 Å². The Hall–Kier alpha value is -0.350. The zero-order valence-corrected chi connectivity index (χ0v) is 8.46. The standard InChI is InChI=1S/C6H5BrNO3P/c7-6-2-1-5(3-8-6)4-11-12(9)10/h1-3H,4H2/p+1. The molecule has 1 heterocycles. The van der Waals surface area contributed by atoms with Crippen molar-refractivity contribution in [3.05, 3.63) is 28.5 Å². The molecular formula is C6H6BrNO3P+. The summed E-state index contributed by atoms with van der Waals surface area (Å²) in [6.07, 6.45) is 1.57. The summed E-state index contributed by atoms with van der Waals surface area (Å²) in [7, 11) is -2.52. The maximum atomic E-state index is 10.1. The van der Waals surface area contributed by atoms with E-state index in [1.165, 1.54) is 0 Å². The number of pyridine rings is 1. The van der Waals surface area contributed by atoms with Gasteiger partial charge in [0.15, 0.2) is 0 Å². The maximum Gasteiger partial charge on any atom is 0.695 e. The molecule has 1 unspecified atom stereocenters. The third-order valence-electron chi connectivity index (χ3n) is 1.13. The SMILES string of the molecule is O=[P+](O)OCc1ccc(Br)nc1. The molecule has 0 aliphatic carbocycles. The van der Waals surface area contributed by atoms with Crippen molar-refractivity contribution in [2.45, 2.75) is 6.61 Å². The predicted molar refractivity (Wildman–Crippen MR) is 46.6 cm³/mol. The Labute approximate surface area is 78.7 Å². The van der Waals surface area contributed by atoms with Gasteiger partial charge >= 0.3 is 8.25 Å². The zero-order valence-electron chi connectivity index (χ0n) is 5.98. The highest BCUT2D eigenvalue weighted by molar-refractivity contribution is 9.10. The average Bonchev–Trinajstić information content (AvgIpc) is 2.03. The van der Waals surface area contributed by atoms with Gasteiger partial charge in [-0.2, -0.15) is 0 Å². The summed E-state index contributed by atoms with van der Waals surface area (Å²) < 4.78 is 15.3. The molecule has 0 aromatic carbocycles. The highest BCUT2D eigenvalue weighted by Crippen LogP contribution is 2.17. The van der Waals surface area contributed by atoms with E-state index in [0.29, 0.717) is 0 Å². The lowest BCUT2D eigenvalue weighted by atomic mass is 10.3. The molecule has 0 amide bonds. The summed E-state index contributed by atoms with van der Waals surface area (Å²) >= 11 is 3.17. The van der Waals surface area contributed by atoms with Gasteiger partial charge in [0.2, 0.25) is 0 Å². The summed E-state index contributed by atoms with van der Waals surface area (Å²) in [6.45, 7) is 0.103. The predicted octanol–water partition coefficient (Wildman–Crippen LogP) is 2.01. The Kier molecular flexibility index (Phi) is 3.75. The van der Waals surface area contributed by atoms with Crippen molar-refractivity contribution in [3.63, 3.8) is 0 Å². The van der Waals surface area contributed by atoms with Crippen LogP contribution in [0.2, 0.25) is 0 Å². The van der Waals surface area contributed by atoms with Gasteiger partial charge in [-0.15, -0.1) is 9.42 Å². The van der Waals surface area contributed by atoms with E-state index in [2.05, 4.69) is 25.4 Å².